The predicted octanol–water partition coefficient (Wildman–Crippen LogP) is 3.79. The number of aliphatic hydroxyl groups excluding tert-OH is 1. The first-order valence-electron chi connectivity index (χ1n) is 12.7. The Morgan fingerprint density at radius 3 is 2.23 bits per heavy atom. The Hall–Kier alpha value is -3.34. The summed E-state index contributed by atoms with van der Waals surface area (Å²) >= 11 is 0. The molecule has 0 fully saturated rings. The van der Waals surface area contributed by atoms with Crippen molar-refractivity contribution < 1.29 is 27.1 Å². The molecule has 210 valence electrons. The molecule has 39 heavy (non-hydrogen) atoms. The first-order chi connectivity index (χ1) is 18.4. The molecule has 0 heterocycles. The molecule has 10 heteroatoms. The highest BCUT2D eigenvalue weighted by atomic mass is 32.2. The molecule has 0 aliphatic rings. The van der Waals surface area contributed by atoms with E-state index in [1.165, 1.54) is 12.1 Å². The van der Waals surface area contributed by atoms with Crippen molar-refractivity contribution in [2.75, 3.05) is 17.5 Å². The molecular weight excluding hydrogens is 524 g/mol. The van der Waals surface area contributed by atoms with Gasteiger partial charge in [0.15, 0.2) is 0 Å². The van der Waals surface area contributed by atoms with E-state index in [4.69, 9.17) is 5.73 Å². The van der Waals surface area contributed by atoms with E-state index in [0.717, 1.165) is 35.4 Å². The largest absolute Gasteiger partial charge is 0.390 e. The summed E-state index contributed by atoms with van der Waals surface area (Å²) < 4.78 is 52.4. The number of amides is 1. The second-order valence-corrected chi connectivity index (χ2v) is 11.5. The molecule has 0 bridgehead atoms. The van der Waals surface area contributed by atoms with E-state index in [1.807, 2.05) is 31.2 Å². The van der Waals surface area contributed by atoms with Crippen LogP contribution in [0.2, 0.25) is 0 Å². The van der Waals surface area contributed by atoms with Gasteiger partial charge in [-0.25, -0.2) is 17.2 Å². The lowest BCUT2D eigenvalue weighted by atomic mass is 10.0. The lowest BCUT2D eigenvalue weighted by Gasteiger charge is -2.28. The molecule has 7 nitrogen and oxygen atoms in total. The standard InChI is InChI=1S/C29H35F2N3O4S/c1-3-20-5-4-6-22(13-20)18-34(19-28(35)27(32)16-23-14-24(30)17-25(31)15-23)29(36)12-9-21-7-10-26(11-8-21)33-39(2,37)38/h4-8,10-11,13-15,17,27-28,33,35H,3,9,12,16,18-19,32H2,1-2H3/t27-,28+/m0/s1. The number of aliphatic hydroxyl groups is 1. The molecular formula is C29H35F2N3O4S. The highest BCUT2D eigenvalue weighted by Gasteiger charge is 2.23. The fourth-order valence-electron chi connectivity index (χ4n) is 4.28. The lowest BCUT2D eigenvalue weighted by Crippen LogP contribution is -2.46. The monoisotopic (exact) mass is 559 g/mol. The molecule has 0 saturated heterocycles. The van der Waals surface area contributed by atoms with Crippen LogP contribution in [0, 0.1) is 11.6 Å². The number of carbonyl (C=O) groups is 1. The van der Waals surface area contributed by atoms with E-state index in [2.05, 4.69) is 4.72 Å². The van der Waals surface area contributed by atoms with E-state index < -0.39 is 33.8 Å². The molecule has 3 rings (SSSR count). The Labute approximate surface area is 228 Å². The molecule has 0 radical (unpaired) electrons. The summed E-state index contributed by atoms with van der Waals surface area (Å²) in [7, 11) is -3.39. The summed E-state index contributed by atoms with van der Waals surface area (Å²) in [5.74, 6) is -1.64. The first-order valence-corrected chi connectivity index (χ1v) is 14.6. The molecule has 4 N–H and O–H groups in total. The average molecular weight is 560 g/mol. The van der Waals surface area contributed by atoms with Crippen LogP contribution in [0.4, 0.5) is 14.5 Å². The maximum Gasteiger partial charge on any atom is 0.229 e. The normalized spacial score (nSPS) is 13.1. The Kier molecular flexibility index (Phi) is 10.6. The number of hydrogen-bond acceptors (Lipinski definition) is 5. The fraction of sp³-hybridized carbons (Fsp3) is 0.345. The van der Waals surface area contributed by atoms with E-state index >= 15 is 0 Å². The number of rotatable bonds is 13. The van der Waals surface area contributed by atoms with Gasteiger partial charge < -0.3 is 15.7 Å². The summed E-state index contributed by atoms with van der Waals surface area (Å²) in [5, 5.41) is 10.9. The summed E-state index contributed by atoms with van der Waals surface area (Å²) in [6.07, 6.45) is 1.38. The van der Waals surface area contributed by atoms with Crippen LogP contribution in [0.15, 0.2) is 66.7 Å². The Morgan fingerprint density at radius 2 is 1.62 bits per heavy atom. The van der Waals surface area contributed by atoms with Gasteiger partial charge >= 0.3 is 0 Å². The fourth-order valence-corrected chi connectivity index (χ4v) is 4.85. The van der Waals surface area contributed by atoms with Crippen molar-refractivity contribution in [3.05, 3.63) is 101 Å². The van der Waals surface area contributed by atoms with Crippen LogP contribution in [0.3, 0.4) is 0 Å². The van der Waals surface area contributed by atoms with Crippen LogP contribution in [0.5, 0.6) is 0 Å². The maximum absolute atomic E-state index is 13.6. The van der Waals surface area contributed by atoms with Crippen molar-refractivity contribution in [1.29, 1.82) is 0 Å². The van der Waals surface area contributed by atoms with Gasteiger partial charge in [-0.05, 0) is 65.8 Å². The number of halogens is 2. The number of nitrogens with zero attached hydrogens (tertiary/aromatic N) is 1. The summed E-state index contributed by atoms with van der Waals surface area (Å²) in [5.41, 5.74) is 9.81. The highest BCUT2D eigenvalue weighted by molar-refractivity contribution is 7.92. The van der Waals surface area contributed by atoms with Gasteiger partial charge in [-0.2, -0.15) is 0 Å². The van der Waals surface area contributed by atoms with Crippen LogP contribution in [0.1, 0.15) is 35.6 Å². The van der Waals surface area contributed by atoms with Gasteiger partial charge in [0, 0.05) is 37.3 Å². The van der Waals surface area contributed by atoms with Crippen molar-refractivity contribution in [3.8, 4) is 0 Å². The van der Waals surface area contributed by atoms with Crippen LogP contribution in [0.25, 0.3) is 0 Å². The number of nitrogens with one attached hydrogen (secondary N) is 1. The van der Waals surface area contributed by atoms with Crippen molar-refractivity contribution in [3.63, 3.8) is 0 Å². The first kappa shape index (κ1) is 30.2. The topological polar surface area (TPSA) is 113 Å². The van der Waals surface area contributed by atoms with E-state index in [0.29, 0.717) is 17.7 Å². The number of carbonyl (C=O) groups excluding carboxylic acids is 1. The Balaban J connectivity index is 1.70. The van der Waals surface area contributed by atoms with Gasteiger partial charge in [0.1, 0.15) is 11.6 Å². The third-order valence-corrected chi connectivity index (χ3v) is 6.91. The minimum Gasteiger partial charge on any atom is -0.390 e. The van der Waals surface area contributed by atoms with Crippen LogP contribution >= 0.6 is 0 Å². The molecule has 2 atom stereocenters. The average Bonchev–Trinajstić information content (AvgIpc) is 2.86. The van der Waals surface area contributed by atoms with E-state index in [-0.39, 0.29) is 31.8 Å². The van der Waals surface area contributed by atoms with Gasteiger partial charge in [-0.1, -0.05) is 43.3 Å². The van der Waals surface area contributed by atoms with Crippen molar-refractivity contribution in [1.82, 2.24) is 4.90 Å². The molecule has 3 aromatic rings. The lowest BCUT2D eigenvalue weighted by molar-refractivity contribution is -0.133. The number of benzene rings is 3. The molecule has 0 aromatic heterocycles. The van der Waals surface area contributed by atoms with Crippen LogP contribution in [-0.4, -0.2) is 49.3 Å². The maximum atomic E-state index is 13.6. The minimum absolute atomic E-state index is 0.0388. The number of anilines is 1. The number of sulfonamides is 1. The molecule has 0 saturated carbocycles. The molecule has 0 unspecified atom stereocenters. The molecule has 3 aromatic carbocycles. The number of aryl methyl sites for hydroxylation is 2. The molecule has 0 spiro atoms. The van der Waals surface area contributed by atoms with Crippen molar-refractivity contribution >= 4 is 21.6 Å². The smallest absolute Gasteiger partial charge is 0.229 e. The third-order valence-electron chi connectivity index (χ3n) is 6.31. The Morgan fingerprint density at radius 1 is 0.974 bits per heavy atom. The van der Waals surface area contributed by atoms with E-state index in [1.54, 1.807) is 29.2 Å². The van der Waals surface area contributed by atoms with Crippen molar-refractivity contribution in [2.24, 2.45) is 5.73 Å². The Bertz CT molecular complexity index is 1350. The summed E-state index contributed by atoms with van der Waals surface area (Å²) in [6.45, 7) is 2.25. The zero-order valence-electron chi connectivity index (χ0n) is 22.1. The van der Waals surface area contributed by atoms with E-state index in [9.17, 15) is 27.1 Å². The van der Waals surface area contributed by atoms with Crippen LogP contribution < -0.4 is 10.5 Å². The summed E-state index contributed by atoms with van der Waals surface area (Å²) in [6, 6.07) is 16.9. The minimum atomic E-state index is -3.39. The van der Waals surface area contributed by atoms with Gasteiger partial charge in [0.2, 0.25) is 15.9 Å². The van der Waals surface area contributed by atoms with Crippen molar-refractivity contribution in [2.45, 2.75) is 51.3 Å². The highest BCUT2D eigenvalue weighted by Crippen LogP contribution is 2.16. The van der Waals surface area contributed by atoms with Gasteiger partial charge in [-0.3, -0.25) is 9.52 Å². The SMILES string of the molecule is CCc1cccc(CN(C[C@@H](O)[C@@H](N)Cc2cc(F)cc(F)c2)C(=O)CCc2ccc(NS(C)(=O)=O)cc2)c1. The third kappa shape index (κ3) is 10.0. The summed E-state index contributed by atoms with van der Waals surface area (Å²) in [4.78, 5) is 14.9. The van der Waals surface area contributed by atoms with Gasteiger partial charge in [-0.15, -0.1) is 0 Å². The second-order valence-electron chi connectivity index (χ2n) is 9.73. The predicted molar refractivity (Wildman–Crippen MR) is 149 cm³/mol. The zero-order chi connectivity index (χ0) is 28.6. The molecule has 0 aliphatic heterocycles. The number of hydrogen-bond donors (Lipinski definition) is 3. The van der Waals surface area contributed by atoms with Crippen LogP contribution in [-0.2, 0) is 40.6 Å². The number of nitrogens with two attached hydrogens (primary N) is 1. The van der Waals surface area contributed by atoms with Gasteiger partial charge in [0.25, 0.3) is 0 Å². The quantitative estimate of drug-likeness (QED) is 0.295. The molecule has 0 aliphatic carbocycles. The molecule has 1 amide bonds. The van der Waals surface area contributed by atoms with Gasteiger partial charge in [0.05, 0.1) is 12.4 Å². The zero-order valence-corrected chi connectivity index (χ0v) is 22.9. The second kappa shape index (κ2) is 13.6.